The van der Waals surface area contributed by atoms with Crippen molar-refractivity contribution in [2.24, 2.45) is 34.7 Å². The van der Waals surface area contributed by atoms with Gasteiger partial charge in [-0.05, 0) is 48.9 Å². The number of hydrogen-bond donors (Lipinski definition) is 2. The van der Waals surface area contributed by atoms with Crippen LogP contribution in [0.4, 0.5) is 0 Å². The monoisotopic (exact) mass is 237 g/mol. The maximum atomic E-state index is 6.25. The predicted molar refractivity (Wildman–Crippen MR) is 71.6 cm³/mol. The molecule has 0 amide bonds. The van der Waals surface area contributed by atoms with Gasteiger partial charge in [-0.25, -0.2) is 5.84 Å². The molecule has 1 saturated carbocycles. The summed E-state index contributed by atoms with van der Waals surface area (Å²) >= 11 is 0. The van der Waals surface area contributed by atoms with Gasteiger partial charge < -0.3 is 10.7 Å². The highest BCUT2D eigenvalue weighted by Crippen LogP contribution is 2.56. The van der Waals surface area contributed by atoms with Gasteiger partial charge in [0.1, 0.15) is 0 Å². The zero-order chi connectivity index (χ0) is 12.8. The van der Waals surface area contributed by atoms with Crippen molar-refractivity contribution < 1.29 is 0 Å². The molecule has 2 aliphatic carbocycles. The van der Waals surface area contributed by atoms with E-state index < -0.39 is 0 Å². The molecule has 3 nitrogen and oxygen atoms in total. The molecule has 0 saturated heterocycles. The van der Waals surface area contributed by atoms with Crippen LogP contribution < -0.4 is 11.6 Å². The van der Waals surface area contributed by atoms with Gasteiger partial charge in [0.25, 0.3) is 0 Å². The largest absolute Gasteiger partial charge is 0.401 e. The molecule has 0 radical (unpaired) electrons. The third-order valence-corrected chi connectivity index (χ3v) is 4.73. The zero-order valence-electron chi connectivity index (χ0n) is 11.7. The molecule has 0 aromatic carbocycles. The molecule has 0 heterocycles. The number of allylic oxidation sites excluding steroid dienone is 2. The van der Waals surface area contributed by atoms with Crippen molar-refractivity contribution in [3.05, 3.63) is 11.4 Å². The van der Waals surface area contributed by atoms with Gasteiger partial charge in [0.2, 0.25) is 0 Å². The molecular formula is C14H27N3. The lowest BCUT2D eigenvalue weighted by molar-refractivity contribution is 0.297. The van der Waals surface area contributed by atoms with Crippen LogP contribution in [0.2, 0.25) is 0 Å². The second kappa shape index (κ2) is 4.20. The second-order valence-corrected chi connectivity index (χ2v) is 6.85. The van der Waals surface area contributed by atoms with E-state index in [9.17, 15) is 0 Å². The number of hydrazine groups is 1. The third kappa shape index (κ3) is 2.59. The summed E-state index contributed by atoms with van der Waals surface area (Å²) in [6, 6.07) is 0. The number of fused-ring (bicyclic) bond motifs is 1. The van der Waals surface area contributed by atoms with E-state index in [4.69, 9.17) is 11.6 Å². The van der Waals surface area contributed by atoms with E-state index in [2.05, 4.69) is 20.8 Å². The Morgan fingerprint density at radius 1 is 1.29 bits per heavy atom. The Labute approximate surface area is 105 Å². The van der Waals surface area contributed by atoms with E-state index in [1.54, 1.807) is 5.01 Å². The van der Waals surface area contributed by atoms with Gasteiger partial charge >= 0.3 is 0 Å². The molecule has 2 rings (SSSR count). The molecule has 0 spiro atoms. The van der Waals surface area contributed by atoms with E-state index in [-0.39, 0.29) is 0 Å². The minimum atomic E-state index is 0.309. The topological polar surface area (TPSA) is 55.3 Å². The van der Waals surface area contributed by atoms with Crippen LogP contribution in [-0.4, -0.2) is 12.1 Å². The summed E-state index contributed by atoms with van der Waals surface area (Å²) in [6.45, 7) is 7.06. The Morgan fingerprint density at radius 2 is 1.94 bits per heavy atom. The van der Waals surface area contributed by atoms with Gasteiger partial charge in [-0.1, -0.05) is 20.8 Å². The maximum absolute atomic E-state index is 6.25. The first-order valence-electron chi connectivity index (χ1n) is 6.78. The molecular weight excluding hydrogens is 210 g/mol. The maximum Gasteiger partial charge on any atom is 0.0475 e. The number of nitrogens with two attached hydrogens (primary N) is 2. The van der Waals surface area contributed by atoms with Gasteiger partial charge in [0, 0.05) is 18.4 Å². The van der Waals surface area contributed by atoms with Gasteiger partial charge in [0.15, 0.2) is 0 Å². The van der Waals surface area contributed by atoms with Crippen LogP contribution in [0.1, 0.15) is 46.5 Å². The Balaban J connectivity index is 2.21. The lowest BCUT2D eigenvalue weighted by Gasteiger charge is -2.27. The molecule has 4 N–H and O–H groups in total. The predicted octanol–water partition coefficient (Wildman–Crippen LogP) is 2.44. The fourth-order valence-electron chi connectivity index (χ4n) is 3.65. The van der Waals surface area contributed by atoms with Crippen molar-refractivity contribution in [3.8, 4) is 0 Å². The van der Waals surface area contributed by atoms with Crippen LogP contribution >= 0.6 is 0 Å². The first-order valence-corrected chi connectivity index (χ1v) is 6.78. The minimum Gasteiger partial charge on any atom is -0.401 e. The van der Waals surface area contributed by atoms with E-state index in [1.807, 2.05) is 7.05 Å². The average molecular weight is 237 g/mol. The highest BCUT2D eigenvalue weighted by Gasteiger charge is 2.48. The first-order chi connectivity index (χ1) is 7.82. The van der Waals surface area contributed by atoms with Gasteiger partial charge in [0.05, 0.1) is 0 Å². The summed E-state index contributed by atoms with van der Waals surface area (Å²) in [7, 11) is 1.90. The summed E-state index contributed by atoms with van der Waals surface area (Å²) < 4.78 is 0. The highest BCUT2D eigenvalue weighted by molar-refractivity contribution is 5.14. The molecule has 17 heavy (non-hydrogen) atoms. The third-order valence-electron chi connectivity index (χ3n) is 4.73. The van der Waals surface area contributed by atoms with Gasteiger partial charge in [-0.2, -0.15) is 0 Å². The summed E-state index contributed by atoms with van der Waals surface area (Å²) in [4.78, 5) is 0. The van der Waals surface area contributed by atoms with E-state index in [1.165, 1.54) is 12.8 Å². The number of rotatable bonds is 1. The summed E-state index contributed by atoms with van der Waals surface area (Å²) in [5.74, 6) is 8.62. The SMILES string of the molecule is CC1C2CC/C(N(C)N)=C(/N)CC(C)(C)CC12. The highest BCUT2D eigenvalue weighted by atomic mass is 15.4. The molecule has 98 valence electrons. The Morgan fingerprint density at radius 3 is 2.53 bits per heavy atom. The standard InChI is InChI=1S/C14H27N3/c1-9-10-5-6-13(17(4)16)12(15)8-14(2,3)7-11(9)10/h9-11H,5-8,15-16H2,1-4H3/b13-12-. The van der Waals surface area contributed by atoms with Crippen molar-refractivity contribution in [2.75, 3.05) is 7.05 Å². The lowest BCUT2D eigenvalue weighted by atomic mass is 9.82. The second-order valence-electron chi connectivity index (χ2n) is 6.85. The van der Waals surface area contributed by atoms with Crippen LogP contribution in [0, 0.1) is 23.2 Å². The molecule has 3 heteroatoms. The number of hydrogen-bond acceptors (Lipinski definition) is 3. The molecule has 0 aromatic rings. The first kappa shape index (κ1) is 12.7. The van der Waals surface area contributed by atoms with Crippen molar-refractivity contribution >= 4 is 0 Å². The Bertz CT molecular complexity index is 330. The Hall–Kier alpha value is -0.700. The summed E-state index contributed by atoms with van der Waals surface area (Å²) in [5, 5.41) is 1.72. The molecule has 0 aliphatic heterocycles. The van der Waals surface area contributed by atoms with E-state index in [0.717, 1.165) is 42.0 Å². The van der Waals surface area contributed by atoms with Crippen LogP contribution in [0.5, 0.6) is 0 Å². The molecule has 1 fully saturated rings. The van der Waals surface area contributed by atoms with Crippen LogP contribution in [0.3, 0.4) is 0 Å². The molecule has 0 bridgehead atoms. The van der Waals surface area contributed by atoms with Crippen LogP contribution in [-0.2, 0) is 0 Å². The van der Waals surface area contributed by atoms with E-state index in [0.29, 0.717) is 5.41 Å². The quantitative estimate of drug-likeness (QED) is 0.544. The fraction of sp³-hybridized carbons (Fsp3) is 0.857. The van der Waals surface area contributed by atoms with Gasteiger partial charge in [-0.3, -0.25) is 0 Å². The Kier molecular flexibility index (Phi) is 3.15. The molecule has 2 aliphatic rings. The summed E-state index contributed by atoms with van der Waals surface area (Å²) in [6.07, 6.45) is 4.57. The van der Waals surface area contributed by atoms with Crippen molar-refractivity contribution in [1.82, 2.24) is 5.01 Å². The lowest BCUT2D eigenvalue weighted by Crippen LogP contribution is -2.29. The van der Waals surface area contributed by atoms with Gasteiger partial charge in [-0.15, -0.1) is 0 Å². The minimum absolute atomic E-state index is 0.309. The smallest absolute Gasteiger partial charge is 0.0475 e. The zero-order valence-corrected chi connectivity index (χ0v) is 11.7. The fourth-order valence-corrected chi connectivity index (χ4v) is 3.65. The average Bonchev–Trinajstić information content (AvgIpc) is 2.74. The van der Waals surface area contributed by atoms with E-state index >= 15 is 0 Å². The molecule has 0 aromatic heterocycles. The summed E-state index contributed by atoms with van der Waals surface area (Å²) in [5.41, 5.74) is 8.70. The normalized spacial score (nSPS) is 40.9. The van der Waals surface area contributed by atoms with Crippen molar-refractivity contribution in [1.29, 1.82) is 0 Å². The number of nitrogens with zero attached hydrogens (tertiary/aromatic N) is 1. The molecule has 3 atom stereocenters. The van der Waals surface area contributed by atoms with Crippen LogP contribution in [0.25, 0.3) is 0 Å². The van der Waals surface area contributed by atoms with Crippen LogP contribution in [0.15, 0.2) is 11.4 Å². The van der Waals surface area contributed by atoms with Crippen molar-refractivity contribution in [3.63, 3.8) is 0 Å². The molecule has 3 unspecified atom stereocenters. The van der Waals surface area contributed by atoms with Crippen molar-refractivity contribution in [2.45, 2.75) is 46.5 Å².